The first-order valence-corrected chi connectivity index (χ1v) is 5.63. The van der Waals surface area contributed by atoms with Gasteiger partial charge in [0.05, 0.1) is 13.2 Å². The fourth-order valence-corrected chi connectivity index (χ4v) is 1.45. The minimum Gasteiger partial charge on any atom is -0.394 e. The van der Waals surface area contributed by atoms with Crippen molar-refractivity contribution in [2.45, 2.75) is 6.92 Å². The molecule has 0 aliphatic heterocycles. The Kier molecular flexibility index (Phi) is 3.71. The third-order valence-corrected chi connectivity index (χ3v) is 2.37. The molecule has 19 heavy (non-hydrogen) atoms. The van der Waals surface area contributed by atoms with Gasteiger partial charge in [-0.3, -0.25) is 19.8 Å². The SMILES string of the molecule is CCN(CCO)/N=N/c1nc2[nH]c(=O)[nH]c(=O)c2[nH]1. The molecule has 0 unspecified atom stereocenters. The zero-order chi connectivity index (χ0) is 13.8. The molecule has 0 saturated heterocycles. The van der Waals surface area contributed by atoms with Crippen LogP contribution in [-0.2, 0) is 0 Å². The van der Waals surface area contributed by atoms with Crippen molar-refractivity contribution in [2.75, 3.05) is 19.7 Å². The van der Waals surface area contributed by atoms with Crippen LogP contribution in [0.25, 0.3) is 11.2 Å². The van der Waals surface area contributed by atoms with Crippen LogP contribution in [0.5, 0.6) is 0 Å². The molecule has 0 fully saturated rings. The largest absolute Gasteiger partial charge is 0.394 e. The molecule has 0 atom stereocenters. The van der Waals surface area contributed by atoms with E-state index in [9.17, 15) is 9.59 Å². The Balaban J connectivity index is 2.31. The number of likely N-dealkylation sites (N-methyl/N-ethyl adjacent to an activating group) is 1. The second kappa shape index (κ2) is 5.44. The first kappa shape index (κ1) is 13.0. The highest BCUT2D eigenvalue weighted by Gasteiger charge is 2.07. The van der Waals surface area contributed by atoms with Gasteiger partial charge in [0.25, 0.3) is 11.5 Å². The summed E-state index contributed by atoms with van der Waals surface area (Å²) in [7, 11) is 0. The molecule has 0 saturated carbocycles. The smallest absolute Gasteiger partial charge is 0.327 e. The molecule has 0 radical (unpaired) electrons. The standard InChI is InChI=1S/C9H13N7O3/c1-2-16(3-4-17)15-14-8-10-5-6(11-8)12-9(19)13-7(5)18/h17H,2-4H2,1H3,(H3,10,11,12,13,18,19)/b15-14+. The quantitative estimate of drug-likeness (QED) is 0.416. The molecule has 0 bridgehead atoms. The van der Waals surface area contributed by atoms with E-state index >= 15 is 0 Å². The summed E-state index contributed by atoms with van der Waals surface area (Å²) in [4.78, 5) is 33.5. The van der Waals surface area contributed by atoms with E-state index in [1.54, 1.807) is 0 Å². The van der Waals surface area contributed by atoms with Crippen LogP contribution in [0.15, 0.2) is 19.9 Å². The number of nitrogens with zero attached hydrogens (tertiary/aromatic N) is 4. The predicted molar refractivity (Wildman–Crippen MR) is 66.2 cm³/mol. The molecular weight excluding hydrogens is 254 g/mol. The Bertz CT molecular complexity index is 698. The van der Waals surface area contributed by atoms with Gasteiger partial charge < -0.3 is 10.1 Å². The minimum atomic E-state index is -0.636. The zero-order valence-electron chi connectivity index (χ0n) is 10.2. The Morgan fingerprint density at radius 1 is 1.32 bits per heavy atom. The molecule has 10 heteroatoms. The molecule has 2 aromatic heterocycles. The van der Waals surface area contributed by atoms with E-state index in [2.05, 4.69) is 30.3 Å². The summed E-state index contributed by atoms with van der Waals surface area (Å²) < 4.78 is 0. The Hall–Kier alpha value is -2.49. The third-order valence-electron chi connectivity index (χ3n) is 2.37. The van der Waals surface area contributed by atoms with Crippen LogP contribution < -0.4 is 11.2 Å². The van der Waals surface area contributed by atoms with Crippen molar-refractivity contribution in [3.8, 4) is 0 Å². The van der Waals surface area contributed by atoms with Gasteiger partial charge >= 0.3 is 5.69 Å². The summed E-state index contributed by atoms with van der Waals surface area (Å²) in [5.41, 5.74) is -0.968. The summed E-state index contributed by atoms with van der Waals surface area (Å²) >= 11 is 0. The number of hydrogen-bond donors (Lipinski definition) is 4. The maximum Gasteiger partial charge on any atom is 0.327 e. The summed E-state index contributed by atoms with van der Waals surface area (Å²) in [6, 6.07) is 0. The summed E-state index contributed by atoms with van der Waals surface area (Å²) in [5, 5.41) is 18.0. The van der Waals surface area contributed by atoms with Crippen molar-refractivity contribution in [1.29, 1.82) is 0 Å². The van der Waals surface area contributed by atoms with Gasteiger partial charge in [0.15, 0.2) is 11.2 Å². The Morgan fingerprint density at radius 3 is 2.79 bits per heavy atom. The van der Waals surface area contributed by atoms with Gasteiger partial charge in [0, 0.05) is 6.54 Å². The first-order chi connectivity index (χ1) is 9.13. The lowest BCUT2D eigenvalue weighted by molar-refractivity contribution is 0.199. The number of nitrogens with one attached hydrogen (secondary N) is 3. The first-order valence-electron chi connectivity index (χ1n) is 5.63. The van der Waals surface area contributed by atoms with Crippen molar-refractivity contribution < 1.29 is 5.11 Å². The number of aromatic nitrogens is 4. The molecule has 0 aromatic carbocycles. The molecule has 4 N–H and O–H groups in total. The van der Waals surface area contributed by atoms with Gasteiger partial charge in [-0.05, 0) is 6.92 Å². The van der Waals surface area contributed by atoms with Crippen LogP contribution in [0.4, 0.5) is 5.95 Å². The topological polar surface area (TPSA) is 143 Å². The average molecular weight is 267 g/mol. The van der Waals surface area contributed by atoms with Gasteiger partial charge in [-0.15, -0.1) is 0 Å². The van der Waals surface area contributed by atoms with Crippen LogP contribution in [0, 0.1) is 0 Å². The second-order valence-corrected chi connectivity index (χ2v) is 3.65. The van der Waals surface area contributed by atoms with E-state index in [1.807, 2.05) is 6.92 Å². The number of rotatable bonds is 5. The summed E-state index contributed by atoms with van der Waals surface area (Å²) in [6.45, 7) is 2.73. The maximum absolute atomic E-state index is 11.4. The van der Waals surface area contributed by atoms with Gasteiger partial charge in [-0.25, -0.2) is 4.79 Å². The van der Waals surface area contributed by atoms with Crippen LogP contribution >= 0.6 is 0 Å². The summed E-state index contributed by atoms with van der Waals surface area (Å²) in [6.07, 6.45) is 0. The van der Waals surface area contributed by atoms with Crippen molar-refractivity contribution >= 4 is 17.1 Å². The number of H-pyrrole nitrogens is 3. The van der Waals surface area contributed by atoms with E-state index in [4.69, 9.17) is 5.11 Å². The highest BCUT2D eigenvalue weighted by Crippen LogP contribution is 2.10. The fourth-order valence-electron chi connectivity index (χ4n) is 1.45. The molecule has 2 rings (SSSR count). The van der Waals surface area contributed by atoms with Crippen molar-refractivity contribution in [2.24, 2.45) is 10.3 Å². The van der Waals surface area contributed by atoms with Crippen LogP contribution in [0.3, 0.4) is 0 Å². The highest BCUT2D eigenvalue weighted by atomic mass is 16.3. The van der Waals surface area contributed by atoms with E-state index in [0.29, 0.717) is 13.1 Å². The molecule has 2 heterocycles. The molecule has 0 aliphatic rings. The number of imidazole rings is 1. The molecule has 102 valence electrons. The number of aliphatic hydroxyl groups excluding tert-OH is 1. The van der Waals surface area contributed by atoms with Crippen LogP contribution in [-0.4, -0.2) is 49.7 Å². The number of aliphatic hydroxyl groups is 1. The lowest BCUT2D eigenvalue weighted by Crippen LogP contribution is -2.21. The molecule has 2 aromatic rings. The molecule has 0 amide bonds. The van der Waals surface area contributed by atoms with Crippen molar-refractivity contribution in [1.82, 2.24) is 24.9 Å². The van der Waals surface area contributed by atoms with E-state index in [-0.39, 0.29) is 23.7 Å². The van der Waals surface area contributed by atoms with E-state index in [1.165, 1.54) is 5.01 Å². The number of aromatic amines is 3. The maximum atomic E-state index is 11.4. The van der Waals surface area contributed by atoms with E-state index < -0.39 is 11.2 Å². The highest BCUT2D eigenvalue weighted by molar-refractivity contribution is 5.70. The van der Waals surface area contributed by atoms with E-state index in [0.717, 1.165) is 0 Å². The number of hydrogen-bond acceptors (Lipinski definition) is 6. The molecular formula is C9H13N7O3. The lowest BCUT2D eigenvalue weighted by atomic mass is 10.5. The second-order valence-electron chi connectivity index (χ2n) is 3.65. The molecule has 10 nitrogen and oxygen atoms in total. The Labute approximate surface area is 106 Å². The van der Waals surface area contributed by atoms with Crippen molar-refractivity contribution in [3.05, 3.63) is 20.8 Å². The lowest BCUT2D eigenvalue weighted by Gasteiger charge is -2.11. The zero-order valence-corrected chi connectivity index (χ0v) is 10.2. The normalized spacial score (nSPS) is 11.5. The fraction of sp³-hybridized carbons (Fsp3) is 0.444. The minimum absolute atomic E-state index is 0.0417. The van der Waals surface area contributed by atoms with Gasteiger partial charge in [0.1, 0.15) is 0 Å². The predicted octanol–water partition coefficient (Wildman–Crippen LogP) is -0.748. The van der Waals surface area contributed by atoms with Gasteiger partial charge in [0.2, 0.25) is 0 Å². The monoisotopic (exact) mass is 267 g/mol. The molecule has 0 spiro atoms. The van der Waals surface area contributed by atoms with Crippen LogP contribution in [0.2, 0.25) is 0 Å². The summed E-state index contributed by atoms with van der Waals surface area (Å²) in [5.74, 6) is 0.0961. The molecule has 0 aliphatic carbocycles. The number of fused-ring (bicyclic) bond motifs is 1. The third kappa shape index (κ3) is 2.85. The average Bonchev–Trinajstić information content (AvgIpc) is 2.77. The van der Waals surface area contributed by atoms with Crippen molar-refractivity contribution in [3.63, 3.8) is 0 Å². The van der Waals surface area contributed by atoms with Gasteiger partial charge in [-0.2, -0.15) is 4.98 Å². The van der Waals surface area contributed by atoms with Crippen LogP contribution in [0.1, 0.15) is 6.92 Å². The Morgan fingerprint density at radius 2 is 2.11 bits per heavy atom. The van der Waals surface area contributed by atoms with Gasteiger partial charge in [-0.1, -0.05) is 10.3 Å².